The molecule has 25 heavy (non-hydrogen) atoms. The first kappa shape index (κ1) is 16.1. The molecule has 0 amide bonds. The fourth-order valence-corrected chi connectivity index (χ4v) is 5.74. The summed E-state index contributed by atoms with van der Waals surface area (Å²) in [6, 6.07) is 12.8. The molecule has 1 saturated heterocycles. The highest BCUT2D eigenvalue weighted by Gasteiger charge is 2.45. The molecule has 1 atom stereocenters. The van der Waals surface area contributed by atoms with Crippen LogP contribution in [0.3, 0.4) is 0 Å². The molecule has 1 fully saturated rings. The molecule has 4 aliphatic rings. The molecule has 2 nitrogen and oxygen atoms in total. The van der Waals surface area contributed by atoms with Gasteiger partial charge in [-0.2, -0.15) is 0 Å². The molecule has 2 aromatic carbocycles. The lowest BCUT2D eigenvalue weighted by Crippen LogP contribution is -2.44. The normalized spacial score (nSPS) is 27.8. The number of ether oxygens (including phenoxy) is 1. The Morgan fingerprint density at radius 3 is 2.12 bits per heavy atom. The summed E-state index contributed by atoms with van der Waals surface area (Å²) in [5.74, 6) is 1.28. The molecule has 130 valence electrons. The first-order valence-electron chi connectivity index (χ1n) is 9.10. The number of halogens is 2. The molecule has 0 N–H and O–H groups in total. The van der Waals surface area contributed by atoms with Crippen LogP contribution in [0.15, 0.2) is 36.4 Å². The van der Waals surface area contributed by atoms with Crippen LogP contribution in [0.2, 0.25) is 10.0 Å². The van der Waals surface area contributed by atoms with Crippen molar-refractivity contribution in [3.05, 3.63) is 68.7 Å². The van der Waals surface area contributed by atoms with Crippen molar-refractivity contribution in [3.8, 4) is 0 Å². The third-order valence-corrected chi connectivity index (χ3v) is 6.81. The van der Waals surface area contributed by atoms with Crippen LogP contribution in [-0.2, 0) is 4.74 Å². The number of rotatable bonds is 2. The summed E-state index contributed by atoms with van der Waals surface area (Å²) in [4.78, 5) is 2.54. The van der Waals surface area contributed by atoms with Gasteiger partial charge in [0.05, 0.1) is 13.2 Å². The topological polar surface area (TPSA) is 12.5 Å². The minimum atomic E-state index is 0.306. The standard InChI is InChI=1S/C21H21Cl2NO/c22-17-5-1-3-14-16-11-13(12-24-7-9-25-10-8-24)19(20(14)17)21-15(16)4-2-6-18(21)23/h1-6,13,16,19H,7-12H2. The maximum Gasteiger partial charge on any atom is 0.0594 e. The van der Waals surface area contributed by atoms with Gasteiger partial charge in [0.15, 0.2) is 0 Å². The number of fused-ring (bicyclic) bond motifs is 1. The highest BCUT2D eigenvalue weighted by molar-refractivity contribution is 6.32. The van der Waals surface area contributed by atoms with E-state index in [1.165, 1.54) is 28.7 Å². The summed E-state index contributed by atoms with van der Waals surface area (Å²) >= 11 is 13.4. The lowest BCUT2D eigenvalue weighted by molar-refractivity contribution is 0.0272. The highest BCUT2D eigenvalue weighted by atomic mass is 35.5. The Bertz CT molecular complexity index is 762. The second kappa shape index (κ2) is 6.28. The van der Waals surface area contributed by atoms with E-state index < -0.39 is 0 Å². The number of benzene rings is 2. The van der Waals surface area contributed by atoms with E-state index >= 15 is 0 Å². The molecule has 0 spiro atoms. The SMILES string of the molecule is Clc1cccc2c1C1c3c(Cl)cccc3C2CC1CN1CCOCC1. The van der Waals surface area contributed by atoms with Gasteiger partial charge in [-0.3, -0.25) is 4.90 Å². The number of hydrogen-bond acceptors (Lipinski definition) is 2. The smallest absolute Gasteiger partial charge is 0.0594 e. The van der Waals surface area contributed by atoms with Crippen molar-refractivity contribution in [1.82, 2.24) is 4.90 Å². The Kier molecular flexibility index (Phi) is 4.05. The van der Waals surface area contributed by atoms with E-state index in [2.05, 4.69) is 29.2 Å². The Labute approximate surface area is 158 Å². The summed E-state index contributed by atoms with van der Waals surface area (Å²) in [6.07, 6.45) is 1.18. The van der Waals surface area contributed by atoms with Crippen LogP contribution in [0.4, 0.5) is 0 Å². The quantitative estimate of drug-likeness (QED) is 0.740. The van der Waals surface area contributed by atoms with Gasteiger partial charge >= 0.3 is 0 Å². The Hall–Kier alpha value is -1.06. The summed E-state index contributed by atoms with van der Waals surface area (Å²) in [7, 11) is 0. The van der Waals surface area contributed by atoms with Gasteiger partial charge in [0.1, 0.15) is 0 Å². The largest absolute Gasteiger partial charge is 0.379 e. The Balaban J connectivity index is 1.61. The van der Waals surface area contributed by atoms with Gasteiger partial charge in [0, 0.05) is 41.5 Å². The molecular formula is C21H21Cl2NO. The number of morpholine rings is 1. The van der Waals surface area contributed by atoms with Gasteiger partial charge in [-0.15, -0.1) is 0 Å². The maximum atomic E-state index is 6.69. The highest BCUT2D eigenvalue weighted by Crippen LogP contribution is 2.58. The van der Waals surface area contributed by atoms with Gasteiger partial charge < -0.3 is 4.74 Å². The average molecular weight is 374 g/mol. The van der Waals surface area contributed by atoms with E-state index in [4.69, 9.17) is 27.9 Å². The number of hydrogen-bond donors (Lipinski definition) is 0. The molecule has 0 radical (unpaired) electrons. The van der Waals surface area contributed by atoms with Crippen LogP contribution >= 0.6 is 23.2 Å². The third kappa shape index (κ3) is 2.54. The summed E-state index contributed by atoms with van der Waals surface area (Å²) in [5.41, 5.74) is 5.45. The van der Waals surface area contributed by atoms with E-state index in [0.29, 0.717) is 17.8 Å². The third-order valence-electron chi connectivity index (χ3n) is 6.15. The van der Waals surface area contributed by atoms with Crippen molar-refractivity contribution in [2.75, 3.05) is 32.8 Å². The van der Waals surface area contributed by atoms with Crippen molar-refractivity contribution in [1.29, 1.82) is 0 Å². The van der Waals surface area contributed by atoms with Crippen LogP contribution in [0.25, 0.3) is 0 Å². The first-order valence-corrected chi connectivity index (χ1v) is 9.86. The second-order valence-corrected chi connectivity index (χ2v) is 8.24. The average Bonchev–Trinajstić information content (AvgIpc) is 2.63. The van der Waals surface area contributed by atoms with Gasteiger partial charge in [-0.1, -0.05) is 47.5 Å². The first-order chi connectivity index (χ1) is 12.2. The van der Waals surface area contributed by atoms with Crippen LogP contribution in [0.1, 0.15) is 40.5 Å². The van der Waals surface area contributed by atoms with Crippen molar-refractivity contribution >= 4 is 23.2 Å². The van der Waals surface area contributed by atoms with Gasteiger partial charge in [-0.05, 0) is 46.7 Å². The lowest BCUT2D eigenvalue weighted by atomic mass is 9.59. The van der Waals surface area contributed by atoms with E-state index in [1.807, 2.05) is 12.1 Å². The molecule has 4 heteroatoms. The summed E-state index contributed by atoms with van der Waals surface area (Å²) in [5, 5.41) is 1.79. The van der Waals surface area contributed by atoms with Gasteiger partial charge in [0.2, 0.25) is 0 Å². The van der Waals surface area contributed by atoms with E-state index in [-0.39, 0.29) is 0 Å². The zero-order valence-corrected chi connectivity index (χ0v) is 15.6. The van der Waals surface area contributed by atoms with Crippen LogP contribution in [0, 0.1) is 5.92 Å². The molecule has 2 aromatic rings. The number of nitrogens with zero attached hydrogens (tertiary/aromatic N) is 1. The second-order valence-electron chi connectivity index (χ2n) is 7.42. The van der Waals surface area contributed by atoms with E-state index in [0.717, 1.165) is 42.9 Å². The monoisotopic (exact) mass is 373 g/mol. The zero-order valence-electron chi connectivity index (χ0n) is 14.1. The van der Waals surface area contributed by atoms with Crippen molar-refractivity contribution in [2.45, 2.75) is 18.3 Å². The van der Waals surface area contributed by atoms with E-state index in [1.54, 1.807) is 0 Å². The molecule has 1 heterocycles. The van der Waals surface area contributed by atoms with Crippen molar-refractivity contribution in [3.63, 3.8) is 0 Å². The molecule has 3 aliphatic carbocycles. The van der Waals surface area contributed by atoms with Crippen LogP contribution in [0.5, 0.6) is 0 Å². The van der Waals surface area contributed by atoms with Crippen molar-refractivity contribution in [2.24, 2.45) is 5.92 Å². The fourth-order valence-electron chi connectivity index (χ4n) is 5.14. The van der Waals surface area contributed by atoms with Gasteiger partial charge in [0.25, 0.3) is 0 Å². The minimum absolute atomic E-state index is 0.306. The molecular weight excluding hydrogens is 353 g/mol. The Morgan fingerprint density at radius 1 is 0.920 bits per heavy atom. The minimum Gasteiger partial charge on any atom is -0.379 e. The van der Waals surface area contributed by atoms with Gasteiger partial charge in [-0.25, -0.2) is 0 Å². The van der Waals surface area contributed by atoms with E-state index in [9.17, 15) is 0 Å². The molecule has 0 aromatic heterocycles. The summed E-state index contributed by atoms with van der Waals surface area (Å²) < 4.78 is 5.52. The molecule has 1 aliphatic heterocycles. The lowest BCUT2D eigenvalue weighted by Gasteiger charge is -2.47. The Morgan fingerprint density at radius 2 is 1.52 bits per heavy atom. The molecule has 0 saturated carbocycles. The molecule has 1 unspecified atom stereocenters. The maximum absolute atomic E-state index is 6.69. The van der Waals surface area contributed by atoms with Crippen molar-refractivity contribution < 1.29 is 4.74 Å². The zero-order chi connectivity index (χ0) is 17.0. The molecule has 2 bridgehead atoms. The van der Waals surface area contributed by atoms with Crippen LogP contribution < -0.4 is 0 Å². The fraction of sp³-hybridized carbons (Fsp3) is 0.429. The predicted molar refractivity (Wildman–Crippen MR) is 102 cm³/mol. The van der Waals surface area contributed by atoms with Crippen LogP contribution in [-0.4, -0.2) is 37.7 Å². The summed E-state index contributed by atoms with van der Waals surface area (Å²) in [6.45, 7) is 4.84. The predicted octanol–water partition coefficient (Wildman–Crippen LogP) is 4.92. The molecule has 6 rings (SSSR count).